The summed E-state index contributed by atoms with van der Waals surface area (Å²) in [6, 6.07) is 21.2. The van der Waals surface area contributed by atoms with E-state index in [9.17, 15) is 29.6 Å². The number of rotatable bonds is 12. The molecule has 0 bridgehead atoms. The van der Waals surface area contributed by atoms with Gasteiger partial charge in [-0.05, 0) is 86.3 Å². The van der Waals surface area contributed by atoms with Crippen LogP contribution in [-0.4, -0.2) is 39.8 Å². The van der Waals surface area contributed by atoms with Crippen molar-refractivity contribution >= 4 is 29.5 Å². The molecule has 0 saturated heterocycles. The largest absolute Gasteiger partial charge is 0.481 e. The van der Waals surface area contributed by atoms with E-state index in [1.54, 1.807) is 12.1 Å². The van der Waals surface area contributed by atoms with Gasteiger partial charge in [0.15, 0.2) is 0 Å². The summed E-state index contributed by atoms with van der Waals surface area (Å²) >= 11 is 0. The molecule has 1 unspecified atom stereocenters. The zero-order chi connectivity index (χ0) is 32.4. The lowest BCUT2D eigenvalue weighted by Gasteiger charge is -2.36. The van der Waals surface area contributed by atoms with Crippen molar-refractivity contribution in [2.45, 2.75) is 83.0 Å². The molecular weight excluding hydrogens is 578 g/mol. The van der Waals surface area contributed by atoms with Gasteiger partial charge in [-0.3, -0.25) is 20.2 Å². The molecule has 1 atom stereocenters. The van der Waals surface area contributed by atoms with Gasteiger partial charge in [-0.1, -0.05) is 49.4 Å². The summed E-state index contributed by atoms with van der Waals surface area (Å²) in [5.41, 5.74) is 3.17. The Labute approximate surface area is 262 Å². The summed E-state index contributed by atoms with van der Waals surface area (Å²) in [6.45, 7) is 3.88. The third-order valence-corrected chi connectivity index (χ3v) is 8.26. The number of carboxylic acids is 1. The SMILES string of the molecule is CCC(CCC(=O)O)c1ccc(-c2ccccc2)c(NC(=O)OC2(C)CCC(NC(=O)OCc3ccc([N+](=O)[O-])cc3)CC2)c1. The van der Waals surface area contributed by atoms with Crippen LogP contribution in [-0.2, 0) is 20.9 Å². The number of non-ortho nitro benzene ring substituents is 1. The van der Waals surface area contributed by atoms with Crippen LogP contribution < -0.4 is 10.6 Å². The molecule has 2 amide bonds. The predicted molar refractivity (Wildman–Crippen MR) is 169 cm³/mol. The highest BCUT2D eigenvalue weighted by molar-refractivity contribution is 5.92. The second kappa shape index (κ2) is 15.2. The van der Waals surface area contributed by atoms with Gasteiger partial charge in [0, 0.05) is 30.2 Å². The smallest absolute Gasteiger partial charge is 0.412 e. The van der Waals surface area contributed by atoms with Crippen LogP contribution in [0.3, 0.4) is 0 Å². The molecule has 11 nitrogen and oxygen atoms in total. The van der Waals surface area contributed by atoms with Gasteiger partial charge in [-0.15, -0.1) is 0 Å². The quantitative estimate of drug-likeness (QED) is 0.137. The minimum Gasteiger partial charge on any atom is -0.481 e. The van der Waals surface area contributed by atoms with Crippen molar-refractivity contribution in [2.24, 2.45) is 0 Å². The molecule has 0 spiro atoms. The molecule has 0 aliphatic heterocycles. The van der Waals surface area contributed by atoms with Crippen LogP contribution in [0.4, 0.5) is 21.0 Å². The number of alkyl carbamates (subject to hydrolysis) is 1. The first-order valence-corrected chi connectivity index (χ1v) is 15.1. The number of nitrogens with one attached hydrogen (secondary N) is 2. The average Bonchev–Trinajstić information content (AvgIpc) is 3.02. The van der Waals surface area contributed by atoms with E-state index in [1.807, 2.05) is 62.4 Å². The third-order valence-electron chi connectivity index (χ3n) is 8.26. The van der Waals surface area contributed by atoms with Gasteiger partial charge in [0.05, 0.1) is 10.6 Å². The number of nitrogens with zero attached hydrogens (tertiary/aromatic N) is 1. The molecule has 11 heteroatoms. The van der Waals surface area contributed by atoms with Crippen LogP contribution in [0.15, 0.2) is 72.8 Å². The van der Waals surface area contributed by atoms with Crippen molar-refractivity contribution in [2.75, 3.05) is 5.32 Å². The molecule has 4 rings (SSSR count). The van der Waals surface area contributed by atoms with Crippen LogP contribution in [0.5, 0.6) is 0 Å². The number of ether oxygens (including phenoxy) is 2. The van der Waals surface area contributed by atoms with Gasteiger partial charge >= 0.3 is 18.2 Å². The maximum absolute atomic E-state index is 13.2. The second-order valence-corrected chi connectivity index (χ2v) is 11.6. The number of benzene rings is 3. The van der Waals surface area contributed by atoms with Crippen molar-refractivity contribution < 1.29 is 33.9 Å². The first-order chi connectivity index (χ1) is 21.5. The number of aliphatic carboxylic acids is 1. The molecular formula is C34H39N3O8. The van der Waals surface area contributed by atoms with Crippen molar-refractivity contribution in [3.05, 3.63) is 94.0 Å². The van der Waals surface area contributed by atoms with E-state index in [0.29, 0.717) is 43.4 Å². The van der Waals surface area contributed by atoms with Crippen LogP contribution in [0, 0.1) is 10.1 Å². The number of carboxylic acid groups (broad SMARTS) is 1. The Hall–Kier alpha value is -4.93. The number of nitro benzene ring substituents is 1. The van der Waals surface area contributed by atoms with E-state index in [-0.39, 0.29) is 30.7 Å². The highest BCUT2D eigenvalue weighted by Gasteiger charge is 2.35. The minimum atomic E-state index is -0.839. The molecule has 1 saturated carbocycles. The van der Waals surface area contributed by atoms with Gasteiger partial charge in [-0.2, -0.15) is 0 Å². The summed E-state index contributed by atoms with van der Waals surface area (Å²) in [5, 5.41) is 25.8. The summed E-state index contributed by atoms with van der Waals surface area (Å²) in [7, 11) is 0. The van der Waals surface area contributed by atoms with Crippen LogP contribution in [0.2, 0.25) is 0 Å². The van der Waals surface area contributed by atoms with Crippen molar-refractivity contribution in [3.63, 3.8) is 0 Å². The lowest BCUT2D eigenvalue weighted by molar-refractivity contribution is -0.384. The zero-order valence-electron chi connectivity index (χ0n) is 25.5. The molecule has 3 aromatic carbocycles. The van der Waals surface area contributed by atoms with Gasteiger partial charge in [0.1, 0.15) is 12.2 Å². The predicted octanol–water partition coefficient (Wildman–Crippen LogP) is 7.80. The molecule has 1 aliphatic carbocycles. The number of anilines is 1. The molecule has 3 N–H and O–H groups in total. The van der Waals surface area contributed by atoms with E-state index in [0.717, 1.165) is 23.1 Å². The second-order valence-electron chi connectivity index (χ2n) is 11.6. The maximum atomic E-state index is 13.2. The Morgan fingerprint density at radius 1 is 1.02 bits per heavy atom. The molecule has 1 aliphatic rings. The Kier molecular flexibility index (Phi) is 11.1. The summed E-state index contributed by atoms with van der Waals surface area (Å²) in [4.78, 5) is 47.1. The van der Waals surface area contributed by atoms with Crippen LogP contribution in [0.25, 0.3) is 11.1 Å². The van der Waals surface area contributed by atoms with Crippen molar-refractivity contribution in [1.82, 2.24) is 5.32 Å². The zero-order valence-corrected chi connectivity index (χ0v) is 25.5. The Morgan fingerprint density at radius 3 is 2.33 bits per heavy atom. The lowest BCUT2D eigenvalue weighted by Crippen LogP contribution is -2.44. The normalized spacial score (nSPS) is 18.3. The third kappa shape index (κ3) is 9.53. The number of carbonyl (C=O) groups excluding carboxylic acids is 2. The standard InChI is InChI=1S/C34H39N3O8/c1-3-24(12-16-31(38)39)26-11-15-29(25-7-5-4-6-8-25)30(21-26)36-33(41)45-34(2)19-17-27(18-20-34)35-32(40)44-22-23-9-13-28(14-10-23)37(42)43/h4-11,13-15,21,24,27H,3,12,16-20,22H2,1-2H3,(H,35,40)(H,36,41)(H,38,39). The summed E-state index contributed by atoms with van der Waals surface area (Å²) in [5.74, 6) is -0.808. The summed E-state index contributed by atoms with van der Waals surface area (Å²) in [6.07, 6.45) is 2.40. The molecule has 0 heterocycles. The number of amides is 2. The fourth-order valence-corrected chi connectivity index (χ4v) is 5.60. The van der Waals surface area contributed by atoms with E-state index < -0.39 is 28.7 Å². The highest BCUT2D eigenvalue weighted by Crippen LogP contribution is 2.36. The molecule has 0 radical (unpaired) electrons. The average molecular weight is 618 g/mol. The monoisotopic (exact) mass is 617 g/mol. The Morgan fingerprint density at radius 2 is 1.71 bits per heavy atom. The number of hydrogen-bond acceptors (Lipinski definition) is 7. The maximum Gasteiger partial charge on any atom is 0.412 e. The first kappa shape index (κ1) is 33.0. The molecule has 238 valence electrons. The van der Waals surface area contributed by atoms with Crippen LogP contribution in [0.1, 0.15) is 75.8 Å². The van der Waals surface area contributed by atoms with Crippen LogP contribution >= 0.6 is 0 Å². The van der Waals surface area contributed by atoms with Gasteiger partial charge in [-0.25, -0.2) is 9.59 Å². The molecule has 45 heavy (non-hydrogen) atoms. The fourth-order valence-electron chi connectivity index (χ4n) is 5.60. The lowest BCUT2D eigenvalue weighted by atomic mass is 9.83. The molecule has 3 aromatic rings. The van der Waals surface area contributed by atoms with E-state index >= 15 is 0 Å². The fraction of sp³-hybridized carbons (Fsp3) is 0.382. The molecule has 0 aromatic heterocycles. The number of hydrogen-bond donors (Lipinski definition) is 3. The highest BCUT2D eigenvalue weighted by atomic mass is 16.6. The number of carbonyl (C=O) groups is 3. The first-order valence-electron chi connectivity index (χ1n) is 15.1. The van der Waals surface area contributed by atoms with Crippen molar-refractivity contribution in [1.29, 1.82) is 0 Å². The number of nitro groups is 1. The van der Waals surface area contributed by atoms with E-state index in [1.165, 1.54) is 12.1 Å². The Bertz CT molecular complexity index is 1490. The van der Waals surface area contributed by atoms with Gasteiger partial charge in [0.2, 0.25) is 0 Å². The minimum absolute atomic E-state index is 0.0116. The molecule has 1 fully saturated rings. The summed E-state index contributed by atoms with van der Waals surface area (Å²) < 4.78 is 11.2. The Balaban J connectivity index is 1.34. The topological polar surface area (TPSA) is 157 Å². The van der Waals surface area contributed by atoms with Gasteiger partial charge in [0.25, 0.3) is 5.69 Å². The van der Waals surface area contributed by atoms with Crippen molar-refractivity contribution in [3.8, 4) is 11.1 Å². The van der Waals surface area contributed by atoms with Gasteiger partial charge < -0.3 is 19.9 Å². The van der Waals surface area contributed by atoms with E-state index in [2.05, 4.69) is 10.6 Å². The van der Waals surface area contributed by atoms with E-state index in [4.69, 9.17) is 9.47 Å².